The molecule has 0 aromatic heterocycles. The van der Waals surface area contributed by atoms with Crippen LogP contribution in [0.4, 0.5) is 0 Å². The Morgan fingerprint density at radius 1 is 1.27 bits per heavy atom. The molecule has 1 aromatic rings. The van der Waals surface area contributed by atoms with Crippen molar-refractivity contribution < 1.29 is 9.90 Å². The molecule has 15 heavy (non-hydrogen) atoms. The summed E-state index contributed by atoms with van der Waals surface area (Å²) in [6.07, 6.45) is 2.03. The van der Waals surface area contributed by atoms with E-state index in [9.17, 15) is 4.79 Å². The predicted molar refractivity (Wildman–Crippen MR) is 65.0 cm³/mol. The topological polar surface area (TPSA) is 37.3 Å². The Labute approximate surface area is 105 Å². The van der Waals surface area contributed by atoms with Crippen LogP contribution in [-0.2, 0) is 17.6 Å². The van der Waals surface area contributed by atoms with Gasteiger partial charge in [0.1, 0.15) is 0 Å². The third-order valence-corrected chi connectivity index (χ3v) is 4.57. The van der Waals surface area contributed by atoms with Crippen molar-refractivity contribution >= 4 is 37.8 Å². The molecule has 0 saturated heterocycles. The second-order valence-corrected chi connectivity index (χ2v) is 5.62. The van der Waals surface area contributed by atoms with Gasteiger partial charge in [-0.1, -0.05) is 0 Å². The van der Waals surface area contributed by atoms with E-state index in [0.717, 1.165) is 21.8 Å². The Hall–Kier alpha value is -0.350. The van der Waals surface area contributed by atoms with Crippen molar-refractivity contribution in [2.24, 2.45) is 5.92 Å². The maximum absolute atomic E-state index is 10.6. The van der Waals surface area contributed by atoms with E-state index >= 15 is 0 Å². The molecule has 0 aliphatic heterocycles. The molecule has 2 rings (SSSR count). The summed E-state index contributed by atoms with van der Waals surface area (Å²) < 4.78 is 2.08. The second-order valence-electron chi connectivity index (χ2n) is 3.91. The lowest BCUT2D eigenvalue weighted by Crippen LogP contribution is -2.07. The van der Waals surface area contributed by atoms with Crippen LogP contribution in [0.5, 0.6) is 0 Å². The molecule has 0 bridgehead atoms. The van der Waals surface area contributed by atoms with Gasteiger partial charge in [-0.15, -0.1) is 0 Å². The first-order chi connectivity index (χ1) is 7.06. The highest BCUT2D eigenvalue weighted by Crippen LogP contribution is 2.34. The SMILES string of the molecule is O=C(O)CC1Cc2cc(Br)c(Br)cc2C1. The van der Waals surface area contributed by atoms with Gasteiger partial charge in [0.15, 0.2) is 0 Å². The van der Waals surface area contributed by atoms with E-state index in [1.54, 1.807) is 0 Å². The summed E-state index contributed by atoms with van der Waals surface area (Å²) in [6, 6.07) is 4.17. The normalized spacial score (nSPS) is 15.3. The van der Waals surface area contributed by atoms with E-state index in [1.165, 1.54) is 11.1 Å². The minimum absolute atomic E-state index is 0.263. The first-order valence-electron chi connectivity index (χ1n) is 4.75. The van der Waals surface area contributed by atoms with Gasteiger partial charge < -0.3 is 5.11 Å². The molecule has 0 fully saturated rings. The molecule has 80 valence electrons. The Balaban J connectivity index is 2.20. The molecule has 4 heteroatoms. The van der Waals surface area contributed by atoms with Crippen molar-refractivity contribution in [3.05, 3.63) is 32.2 Å². The van der Waals surface area contributed by atoms with E-state index in [-0.39, 0.29) is 12.3 Å². The smallest absolute Gasteiger partial charge is 0.303 e. The lowest BCUT2D eigenvalue weighted by atomic mass is 10.0. The molecule has 0 unspecified atom stereocenters. The third-order valence-electron chi connectivity index (χ3n) is 2.72. The standard InChI is InChI=1S/C11H10Br2O2/c12-9-4-7-1-6(3-11(14)15)2-8(7)5-10(9)13/h4-6H,1-3H2,(H,14,15). The average Bonchev–Trinajstić information content (AvgIpc) is 2.46. The molecule has 0 atom stereocenters. The molecule has 0 saturated carbocycles. The Morgan fingerprint density at radius 3 is 2.13 bits per heavy atom. The van der Waals surface area contributed by atoms with Crippen molar-refractivity contribution in [1.82, 2.24) is 0 Å². The average molecular weight is 334 g/mol. The fourth-order valence-corrected chi connectivity index (χ4v) is 2.88. The molecule has 0 radical (unpaired) electrons. The largest absolute Gasteiger partial charge is 0.481 e. The van der Waals surface area contributed by atoms with Gasteiger partial charge in [-0.05, 0) is 73.9 Å². The molecule has 0 amide bonds. The summed E-state index contributed by atoms with van der Waals surface area (Å²) >= 11 is 6.91. The number of carbonyl (C=O) groups is 1. The summed E-state index contributed by atoms with van der Waals surface area (Å²) in [5, 5.41) is 8.74. The molecular formula is C11H10Br2O2. The second kappa shape index (κ2) is 4.26. The van der Waals surface area contributed by atoms with E-state index in [2.05, 4.69) is 44.0 Å². The van der Waals surface area contributed by atoms with E-state index in [1.807, 2.05) is 0 Å². The van der Waals surface area contributed by atoms with E-state index in [0.29, 0.717) is 0 Å². The molecule has 1 aliphatic carbocycles. The Bertz CT molecular complexity index is 384. The zero-order valence-electron chi connectivity index (χ0n) is 7.96. The maximum atomic E-state index is 10.6. The summed E-state index contributed by atoms with van der Waals surface area (Å²) in [7, 11) is 0. The number of carboxylic acid groups (broad SMARTS) is 1. The molecule has 2 nitrogen and oxygen atoms in total. The first kappa shape index (κ1) is 11.1. The van der Waals surface area contributed by atoms with E-state index < -0.39 is 5.97 Å². The highest BCUT2D eigenvalue weighted by molar-refractivity contribution is 9.13. The van der Waals surface area contributed by atoms with Gasteiger partial charge in [0.05, 0.1) is 0 Å². The van der Waals surface area contributed by atoms with Crippen LogP contribution in [0.15, 0.2) is 21.1 Å². The molecule has 1 aromatic carbocycles. The van der Waals surface area contributed by atoms with Crippen LogP contribution in [0.25, 0.3) is 0 Å². The number of hydrogen-bond donors (Lipinski definition) is 1. The van der Waals surface area contributed by atoms with Gasteiger partial charge in [-0.25, -0.2) is 0 Å². The molecule has 0 heterocycles. The molecular weight excluding hydrogens is 324 g/mol. The van der Waals surface area contributed by atoms with Crippen molar-refractivity contribution in [2.45, 2.75) is 19.3 Å². The number of hydrogen-bond acceptors (Lipinski definition) is 1. The zero-order valence-corrected chi connectivity index (χ0v) is 11.1. The number of halogens is 2. The Morgan fingerprint density at radius 2 is 1.73 bits per heavy atom. The van der Waals surface area contributed by atoms with Gasteiger partial charge in [0, 0.05) is 15.4 Å². The fourth-order valence-electron chi connectivity index (χ4n) is 2.09. The zero-order chi connectivity index (χ0) is 11.0. The van der Waals surface area contributed by atoms with Crippen LogP contribution < -0.4 is 0 Å². The number of aliphatic carboxylic acids is 1. The van der Waals surface area contributed by atoms with Gasteiger partial charge in [-0.3, -0.25) is 4.79 Å². The number of benzene rings is 1. The van der Waals surface area contributed by atoms with Crippen LogP contribution in [0, 0.1) is 5.92 Å². The van der Waals surface area contributed by atoms with Crippen molar-refractivity contribution in [3.63, 3.8) is 0 Å². The molecule has 1 aliphatic rings. The number of fused-ring (bicyclic) bond motifs is 1. The van der Waals surface area contributed by atoms with Crippen LogP contribution >= 0.6 is 31.9 Å². The van der Waals surface area contributed by atoms with Crippen LogP contribution in [0.2, 0.25) is 0 Å². The summed E-state index contributed by atoms with van der Waals surface area (Å²) in [5.41, 5.74) is 2.55. The van der Waals surface area contributed by atoms with Crippen molar-refractivity contribution in [2.75, 3.05) is 0 Å². The first-order valence-corrected chi connectivity index (χ1v) is 6.33. The van der Waals surface area contributed by atoms with Crippen LogP contribution in [-0.4, -0.2) is 11.1 Å². The van der Waals surface area contributed by atoms with Crippen LogP contribution in [0.3, 0.4) is 0 Å². The lowest BCUT2D eigenvalue weighted by molar-refractivity contribution is -0.138. The van der Waals surface area contributed by atoms with E-state index in [4.69, 9.17) is 5.11 Å². The third kappa shape index (κ3) is 2.42. The quantitative estimate of drug-likeness (QED) is 0.900. The highest BCUT2D eigenvalue weighted by Gasteiger charge is 2.24. The van der Waals surface area contributed by atoms with Crippen molar-refractivity contribution in [3.8, 4) is 0 Å². The highest BCUT2D eigenvalue weighted by atomic mass is 79.9. The molecule has 1 N–H and O–H groups in total. The number of carboxylic acids is 1. The van der Waals surface area contributed by atoms with Gasteiger partial charge in [0.2, 0.25) is 0 Å². The van der Waals surface area contributed by atoms with Crippen LogP contribution in [0.1, 0.15) is 17.5 Å². The predicted octanol–water partition coefficient (Wildman–Crippen LogP) is 3.40. The number of rotatable bonds is 2. The monoisotopic (exact) mass is 332 g/mol. The van der Waals surface area contributed by atoms with Gasteiger partial charge in [0.25, 0.3) is 0 Å². The van der Waals surface area contributed by atoms with Gasteiger partial charge in [-0.2, -0.15) is 0 Å². The van der Waals surface area contributed by atoms with Gasteiger partial charge >= 0.3 is 5.97 Å². The summed E-state index contributed by atoms with van der Waals surface area (Å²) in [4.78, 5) is 10.6. The minimum Gasteiger partial charge on any atom is -0.481 e. The molecule has 0 spiro atoms. The maximum Gasteiger partial charge on any atom is 0.303 e. The van der Waals surface area contributed by atoms with Crippen molar-refractivity contribution in [1.29, 1.82) is 0 Å². The summed E-state index contributed by atoms with van der Waals surface area (Å²) in [5.74, 6) is -0.440. The summed E-state index contributed by atoms with van der Waals surface area (Å²) in [6.45, 7) is 0. The Kier molecular flexibility index (Phi) is 3.16. The minimum atomic E-state index is -0.703. The lowest BCUT2D eigenvalue weighted by Gasteiger charge is -2.02. The fraction of sp³-hybridized carbons (Fsp3) is 0.364.